The van der Waals surface area contributed by atoms with Crippen LogP contribution in [0.2, 0.25) is 0 Å². The average molecular weight is 359 g/mol. The summed E-state index contributed by atoms with van der Waals surface area (Å²) in [5, 5.41) is 23.3. The molecule has 1 amide bonds. The van der Waals surface area contributed by atoms with Crippen LogP contribution in [0.5, 0.6) is 0 Å². The molecule has 0 aliphatic carbocycles. The highest BCUT2D eigenvalue weighted by molar-refractivity contribution is 7.85. The molecular formula is C14H21N3O6S. The van der Waals surface area contributed by atoms with Gasteiger partial charge in [-0.05, 0) is 24.6 Å². The summed E-state index contributed by atoms with van der Waals surface area (Å²) >= 11 is 0. The second-order valence-corrected chi connectivity index (χ2v) is 7.31. The van der Waals surface area contributed by atoms with Crippen molar-refractivity contribution in [2.24, 2.45) is 5.41 Å². The highest BCUT2D eigenvalue weighted by atomic mass is 32.2. The van der Waals surface area contributed by atoms with Crippen LogP contribution in [-0.4, -0.2) is 61.1 Å². The fraction of sp³-hybridized carbons (Fsp3) is 0.500. The molecule has 0 bridgehead atoms. The SMILES string of the molecule is O=C1NN(c2cccc(NCCCS(=O)(=O)O)c2)CC1(CO)CO. The molecule has 1 saturated heterocycles. The van der Waals surface area contributed by atoms with Crippen LogP contribution in [0.3, 0.4) is 0 Å². The number of nitrogens with one attached hydrogen (secondary N) is 2. The second-order valence-electron chi connectivity index (χ2n) is 5.74. The number of rotatable bonds is 8. The van der Waals surface area contributed by atoms with Gasteiger partial charge in [0.15, 0.2) is 0 Å². The van der Waals surface area contributed by atoms with Crippen LogP contribution in [0.1, 0.15) is 6.42 Å². The maximum absolute atomic E-state index is 12.0. The zero-order chi connectivity index (χ0) is 17.8. The normalized spacial score (nSPS) is 17.0. The zero-order valence-corrected chi connectivity index (χ0v) is 13.8. The van der Waals surface area contributed by atoms with Gasteiger partial charge >= 0.3 is 0 Å². The number of carbonyl (C=O) groups excluding carboxylic acids is 1. The second kappa shape index (κ2) is 7.34. The van der Waals surface area contributed by atoms with E-state index in [-0.39, 0.29) is 18.7 Å². The van der Waals surface area contributed by atoms with Crippen LogP contribution in [0.15, 0.2) is 24.3 Å². The summed E-state index contributed by atoms with van der Waals surface area (Å²) in [5.41, 5.74) is 2.74. The van der Waals surface area contributed by atoms with Crippen LogP contribution in [0, 0.1) is 5.41 Å². The van der Waals surface area contributed by atoms with Crippen molar-refractivity contribution in [1.29, 1.82) is 0 Å². The summed E-state index contributed by atoms with van der Waals surface area (Å²) in [6.45, 7) is -0.434. The Bertz CT molecular complexity index is 690. The van der Waals surface area contributed by atoms with Crippen LogP contribution in [0.25, 0.3) is 0 Å². The maximum Gasteiger partial charge on any atom is 0.264 e. The predicted molar refractivity (Wildman–Crippen MR) is 88.1 cm³/mol. The minimum absolute atomic E-state index is 0.130. The first kappa shape index (κ1) is 18.5. The minimum Gasteiger partial charge on any atom is -0.395 e. The van der Waals surface area contributed by atoms with Gasteiger partial charge in [-0.25, -0.2) is 0 Å². The fourth-order valence-electron chi connectivity index (χ4n) is 2.38. The summed E-state index contributed by atoms with van der Waals surface area (Å²) in [5.74, 6) is -0.767. The molecule has 2 rings (SSSR count). The van der Waals surface area contributed by atoms with Gasteiger partial charge in [-0.15, -0.1) is 0 Å². The number of benzene rings is 1. The van der Waals surface area contributed by atoms with Gasteiger partial charge in [0.25, 0.3) is 16.0 Å². The van der Waals surface area contributed by atoms with E-state index in [1.54, 1.807) is 24.3 Å². The monoisotopic (exact) mass is 359 g/mol. The third-order valence-corrected chi connectivity index (χ3v) is 4.65. The molecule has 1 aromatic carbocycles. The number of aliphatic hydroxyl groups is 2. The molecule has 1 aliphatic heterocycles. The third-order valence-electron chi connectivity index (χ3n) is 3.85. The standard InChI is InChI=1S/C14H21N3O6S/c18-9-14(10-19)8-17(16-13(14)20)12-4-1-3-11(7-12)15-5-2-6-24(21,22)23/h1,3-4,7,15,18-19H,2,5-6,8-10H2,(H,16,20)(H,21,22,23). The Hall–Kier alpha value is -1.88. The summed E-state index contributed by atoms with van der Waals surface area (Å²) in [4.78, 5) is 12.0. The van der Waals surface area contributed by atoms with Crippen LogP contribution in [-0.2, 0) is 14.9 Å². The van der Waals surface area contributed by atoms with Crippen LogP contribution in [0.4, 0.5) is 11.4 Å². The molecule has 1 fully saturated rings. The molecular weight excluding hydrogens is 338 g/mol. The van der Waals surface area contributed by atoms with E-state index in [4.69, 9.17) is 4.55 Å². The number of hydrogen-bond acceptors (Lipinski definition) is 7. The Morgan fingerprint density at radius 3 is 2.58 bits per heavy atom. The van der Waals surface area contributed by atoms with Gasteiger partial charge in [0.05, 0.1) is 31.2 Å². The fourth-order valence-corrected chi connectivity index (χ4v) is 2.88. The summed E-state index contributed by atoms with van der Waals surface area (Å²) in [6, 6.07) is 7.04. The van der Waals surface area contributed by atoms with Crippen LogP contribution < -0.4 is 15.8 Å². The summed E-state index contributed by atoms with van der Waals surface area (Å²) in [6.07, 6.45) is 0.252. The van der Waals surface area contributed by atoms with Gasteiger partial charge in [-0.2, -0.15) is 8.42 Å². The number of hydrazine groups is 1. The lowest BCUT2D eigenvalue weighted by Crippen LogP contribution is -2.39. The van der Waals surface area contributed by atoms with Crippen molar-refractivity contribution in [2.45, 2.75) is 6.42 Å². The summed E-state index contributed by atoms with van der Waals surface area (Å²) in [7, 11) is -3.97. The summed E-state index contributed by atoms with van der Waals surface area (Å²) < 4.78 is 30.0. The molecule has 1 aromatic rings. The molecule has 0 aromatic heterocycles. The lowest BCUT2D eigenvalue weighted by Gasteiger charge is -2.22. The zero-order valence-electron chi connectivity index (χ0n) is 13.0. The van der Waals surface area contributed by atoms with Crippen LogP contribution >= 0.6 is 0 Å². The number of amides is 1. The lowest BCUT2D eigenvalue weighted by atomic mass is 9.90. The highest BCUT2D eigenvalue weighted by Crippen LogP contribution is 2.28. The van der Waals surface area contributed by atoms with Crippen molar-refractivity contribution in [3.05, 3.63) is 24.3 Å². The number of nitrogens with zero attached hydrogens (tertiary/aromatic N) is 1. The minimum atomic E-state index is -3.97. The molecule has 134 valence electrons. The molecule has 10 heteroatoms. The first-order valence-corrected chi connectivity index (χ1v) is 9.00. The average Bonchev–Trinajstić information content (AvgIpc) is 2.88. The van der Waals surface area contributed by atoms with Crippen molar-refractivity contribution in [1.82, 2.24) is 5.43 Å². The Kier molecular flexibility index (Phi) is 5.65. The van der Waals surface area contributed by atoms with E-state index >= 15 is 0 Å². The largest absolute Gasteiger partial charge is 0.395 e. The van der Waals surface area contributed by atoms with E-state index < -0.39 is 34.7 Å². The molecule has 1 aliphatic rings. The molecule has 24 heavy (non-hydrogen) atoms. The van der Waals surface area contributed by atoms with Gasteiger partial charge in [-0.3, -0.25) is 19.8 Å². The highest BCUT2D eigenvalue weighted by Gasteiger charge is 2.45. The van der Waals surface area contributed by atoms with Crippen molar-refractivity contribution >= 4 is 27.4 Å². The first-order chi connectivity index (χ1) is 11.3. The number of carbonyl (C=O) groups is 1. The van der Waals surface area contributed by atoms with Gasteiger partial charge in [0, 0.05) is 12.2 Å². The third kappa shape index (κ3) is 4.35. The lowest BCUT2D eigenvalue weighted by molar-refractivity contribution is -0.131. The van der Waals surface area contributed by atoms with Gasteiger partial charge in [0.1, 0.15) is 5.41 Å². The maximum atomic E-state index is 12.0. The van der Waals surface area contributed by atoms with Crippen molar-refractivity contribution in [3.8, 4) is 0 Å². The molecule has 0 spiro atoms. The van der Waals surface area contributed by atoms with Gasteiger partial charge < -0.3 is 15.5 Å². The van der Waals surface area contributed by atoms with Gasteiger partial charge in [-0.1, -0.05) is 6.07 Å². The molecule has 0 atom stereocenters. The molecule has 0 radical (unpaired) electrons. The van der Waals surface area contributed by atoms with Crippen molar-refractivity contribution in [2.75, 3.05) is 42.4 Å². The van der Waals surface area contributed by atoms with E-state index in [0.29, 0.717) is 17.9 Å². The Labute approximate surface area is 140 Å². The van der Waals surface area contributed by atoms with Crippen molar-refractivity contribution < 1.29 is 28.0 Å². The van der Waals surface area contributed by atoms with E-state index in [2.05, 4.69) is 10.7 Å². The molecule has 5 N–H and O–H groups in total. The number of hydrogen-bond donors (Lipinski definition) is 5. The molecule has 0 saturated carbocycles. The number of aliphatic hydroxyl groups excluding tert-OH is 2. The van der Waals surface area contributed by atoms with Crippen molar-refractivity contribution in [3.63, 3.8) is 0 Å². The quantitative estimate of drug-likeness (QED) is 0.300. The Balaban J connectivity index is 1.99. The predicted octanol–water partition coefficient (Wildman–Crippen LogP) is -0.801. The van der Waals surface area contributed by atoms with E-state index in [1.807, 2.05) is 0 Å². The molecule has 1 heterocycles. The van der Waals surface area contributed by atoms with Gasteiger partial charge in [0.2, 0.25) is 0 Å². The first-order valence-electron chi connectivity index (χ1n) is 7.39. The molecule has 0 unspecified atom stereocenters. The topological polar surface area (TPSA) is 139 Å². The van der Waals surface area contributed by atoms with E-state index in [0.717, 1.165) is 0 Å². The Morgan fingerprint density at radius 2 is 2.00 bits per heavy atom. The number of anilines is 2. The smallest absolute Gasteiger partial charge is 0.264 e. The molecule has 9 nitrogen and oxygen atoms in total. The Morgan fingerprint density at radius 1 is 1.29 bits per heavy atom. The van der Waals surface area contributed by atoms with E-state index in [9.17, 15) is 23.4 Å². The van der Waals surface area contributed by atoms with E-state index in [1.165, 1.54) is 5.01 Å².